The first-order chi connectivity index (χ1) is 8.42. The molecular weight excluding hydrogens is 258 g/mol. The highest BCUT2D eigenvalue weighted by molar-refractivity contribution is 6.74. The highest BCUT2D eigenvalue weighted by Crippen LogP contribution is 2.38. The summed E-state index contributed by atoms with van der Waals surface area (Å²) in [6.45, 7) is 14.2. The van der Waals surface area contributed by atoms with E-state index in [2.05, 4.69) is 39.9 Å². The summed E-state index contributed by atoms with van der Waals surface area (Å²) >= 11 is 0. The Morgan fingerprint density at radius 3 is 2.11 bits per heavy atom. The summed E-state index contributed by atoms with van der Waals surface area (Å²) in [7, 11) is -2.04. The summed E-state index contributed by atoms with van der Waals surface area (Å²) in [6.07, 6.45) is -0.375. The van der Waals surface area contributed by atoms with Crippen molar-refractivity contribution in [3.8, 4) is 6.07 Å². The Labute approximate surface area is 117 Å². The van der Waals surface area contributed by atoms with Crippen molar-refractivity contribution in [1.82, 2.24) is 0 Å². The average molecular weight is 285 g/mol. The Morgan fingerprint density at radius 1 is 1.37 bits per heavy atom. The highest BCUT2D eigenvalue weighted by Gasteiger charge is 2.40. The molecule has 0 radical (unpaired) electrons. The van der Waals surface area contributed by atoms with Crippen LogP contribution in [0.1, 0.15) is 41.0 Å². The van der Waals surface area contributed by atoms with Gasteiger partial charge in [-0.3, -0.25) is 4.79 Å². The molecule has 0 heterocycles. The van der Waals surface area contributed by atoms with Crippen molar-refractivity contribution < 1.29 is 14.3 Å². The minimum Gasteiger partial charge on any atom is -0.481 e. The van der Waals surface area contributed by atoms with Crippen molar-refractivity contribution in [3.05, 3.63) is 0 Å². The standard InChI is InChI=1S/C14H27NO3Si/c1-10(2)12(13(16)17)8-11(9-15)18-19(6,7)14(3,4)5/h10-12H,8H2,1-7H3,(H,16,17)/t11-,12?/m0/s1. The van der Waals surface area contributed by atoms with E-state index in [1.165, 1.54) is 0 Å². The van der Waals surface area contributed by atoms with Crippen LogP contribution in [0.2, 0.25) is 18.1 Å². The van der Waals surface area contributed by atoms with Crippen LogP contribution in [0.15, 0.2) is 0 Å². The minimum atomic E-state index is -2.04. The summed E-state index contributed by atoms with van der Waals surface area (Å²) < 4.78 is 6.00. The summed E-state index contributed by atoms with van der Waals surface area (Å²) in [5.74, 6) is -1.39. The Hall–Kier alpha value is -0.863. The zero-order valence-electron chi connectivity index (χ0n) is 13.2. The molecule has 0 saturated heterocycles. The first kappa shape index (κ1) is 18.1. The second-order valence-corrected chi connectivity index (χ2v) is 11.7. The van der Waals surface area contributed by atoms with Gasteiger partial charge in [0.05, 0.1) is 12.0 Å². The van der Waals surface area contributed by atoms with E-state index in [1.54, 1.807) is 0 Å². The number of carboxylic acids is 1. The second-order valence-electron chi connectivity index (χ2n) is 6.92. The van der Waals surface area contributed by atoms with Gasteiger partial charge in [-0.1, -0.05) is 34.6 Å². The van der Waals surface area contributed by atoms with Crippen LogP contribution in [-0.2, 0) is 9.22 Å². The summed E-state index contributed by atoms with van der Waals surface area (Å²) in [4.78, 5) is 11.2. The number of nitrogens with zero attached hydrogens (tertiary/aromatic N) is 1. The molecule has 0 aliphatic rings. The monoisotopic (exact) mass is 285 g/mol. The molecule has 5 heteroatoms. The van der Waals surface area contributed by atoms with Crippen LogP contribution in [0.3, 0.4) is 0 Å². The van der Waals surface area contributed by atoms with E-state index in [1.807, 2.05) is 13.8 Å². The predicted molar refractivity (Wildman–Crippen MR) is 78.3 cm³/mol. The van der Waals surface area contributed by atoms with Gasteiger partial charge in [-0.15, -0.1) is 0 Å². The third-order valence-electron chi connectivity index (χ3n) is 3.98. The molecule has 0 saturated carbocycles. The van der Waals surface area contributed by atoms with Gasteiger partial charge in [0.25, 0.3) is 0 Å². The van der Waals surface area contributed by atoms with Gasteiger partial charge in [0.1, 0.15) is 6.10 Å². The number of aliphatic carboxylic acids is 1. The van der Waals surface area contributed by atoms with Gasteiger partial charge in [-0.2, -0.15) is 5.26 Å². The van der Waals surface area contributed by atoms with Crippen LogP contribution in [0.25, 0.3) is 0 Å². The molecule has 0 bridgehead atoms. The van der Waals surface area contributed by atoms with Gasteiger partial charge >= 0.3 is 5.97 Å². The number of nitriles is 1. The lowest BCUT2D eigenvalue weighted by molar-refractivity contribution is -0.144. The van der Waals surface area contributed by atoms with E-state index in [0.29, 0.717) is 0 Å². The van der Waals surface area contributed by atoms with E-state index in [0.717, 1.165) is 0 Å². The maximum absolute atomic E-state index is 11.2. The number of rotatable bonds is 6. The molecule has 0 fully saturated rings. The lowest BCUT2D eigenvalue weighted by atomic mass is 9.91. The maximum Gasteiger partial charge on any atom is 0.306 e. The van der Waals surface area contributed by atoms with Crippen LogP contribution in [0.5, 0.6) is 0 Å². The smallest absolute Gasteiger partial charge is 0.306 e. The summed E-state index contributed by atoms with van der Waals surface area (Å²) in [6, 6.07) is 2.12. The number of carbonyl (C=O) groups is 1. The van der Waals surface area contributed by atoms with Gasteiger partial charge in [0.15, 0.2) is 8.32 Å². The fourth-order valence-electron chi connectivity index (χ4n) is 1.55. The van der Waals surface area contributed by atoms with Crippen molar-refractivity contribution in [1.29, 1.82) is 5.26 Å². The minimum absolute atomic E-state index is 0.00337. The molecule has 0 rings (SSSR count). The van der Waals surface area contributed by atoms with Crippen LogP contribution >= 0.6 is 0 Å². The molecule has 0 aliphatic carbocycles. The first-order valence-corrected chi connectivity index (χ1v) is 9.63. The molecule has 110 valence electrons. The van der Waals surface area contributed by atoms with E-state index < -0.39 is 26.3 Å². The van der Waals surface area contributed by atoms with E-state index in [-0.39, 0.29) is 17.4 Å². The fraction of sp³-hybridized carbons (Fsp3) is 0.857. The fourth-order valence-corrected chi connectivity index (χ4v) is 2.76. The van der Waals surface area contributed by atoms with Crippen LogP contribution in [-0.4, -0.2) is 25.5 Å². The highest BCUT2D eigenvalue weighted by atomic mass is 28.4. The van der Waals surface area contributed by atoms with Gasteiger partial charge < -0.3 is 9.53 Å². The summed E-state index contributed by atoms with van der Waals surface area (Å²) in [5.41, 5.74) is 0. The van der Waals surface area contributed by atoms with Crippen LogP contribution in [0.4, 0.5) is 0 Å². The first-order valence-electron chi connectivity index (χ1n) is 6.72. The molecule has 0 aromatic carbocycles. The zero-order chi connectivity index (χ0) is 15.4. The van der Waals surface area contributed by atoms with Gasteiger partial charge in [0, 0.05) is 0 Å². The van der Waals surface area contributed by atoms with Crippen molar-refractivity contribution >= 4 is 14.3 Å². The molecule has 4 nitrogen and oxygen atoms in total. The Bertz CT molecular complexity index is 353. The van der Waals surface area contributed by atoms with Crippen molar-refractivity contribution in [2.45, 2.75) is 65.3 Å². The van der Waals surface area contributed by atoms with E-state index >= 15 is 0 Å². The summed E-state index contributed by atoms with van der Waals surface area (Å²) in [5, 5.41) is 18.4. The number of hydrogen-bond acceptors (Lipinski definition) is 3. The Morgan fingerprint density at radius 2 is 1.84 bits per heavy atom. The normalized spacial score (nSPS) is 15.9. The van der Waals surface area contributed by atoms with Gasteiger partial charge in [0.2, 0.25) is 0 Å². The van der Waals surface area contributed by atoms with Gasteiger partial charge in [-0.05, 0) is 30.5 Å². The molecule has 1 N–H and O–H groups in total. The molecule has 0 aromatic heterocycles. The van der Waals surface area contributed by atoms with Crippen LogP contribution < -0.4 is 0 Å². The van der Waals surface area contributed by atoms with Gasteiger partial charge in [-0.25, -0.2) is 0 Å². The lowest BCUT2D eigenvalue weighted by Gasteiger charge is -2.38. The molecule has 1 unspecified atom stereocenters. The molecule has 0 aromatic rings. The third-order valence-corrected chi connectivity index (χ3v) is 8.46. The predicted octanol–water partition coefficient (Wildman–Crippen LogP) is 3.65. The van der Waals surface area contributed by atoms with Crippen molar-refractivity contribution in [2.75, 3.05) is 0 Å². The molecular formula is C14H27NO3Si. The third kappa shape index (κ3) is 5.33. The average Bonchev–Trinajstić information content (AvgIpc) is 2.20. The Kier molecular flexibility index (Phi) is 6.24. The Balaban J connectivity index is 4.88. The topological polar surface area (TPSA) is 70.3 Å². The van der Waals surface area contributed by atoms with Crippen molar-refractivity contribution in [3.63, 3.8) is 0 Å². The number of hydrogen-bond donors (Lipinski definition) is 1. The largest absolute Gasteiger partial charge is 0.481 e. The zero-order valence-corrected chi connectivity index (χ0v) is 14.2. The van der Waals surface area contributed by atoms with Crippen molar-refractivity contribution in [2.24, 2.45) is 11.8 Å². The molecule has 0 spiro atoms. The molecule has 2 atom stereocenters. The lowest BCUT2D eigenvalue weighted by Crippen LogP contribution is -2.44. The SMILES string of the molecule is CC(C)C(C[C@@H](C#N)O[Si](C)(C)C(C)(C)C)C(=O)O. The quantitative estimate of drug-likeness (QED) is 0.756. The molecule has 0 amide bonds. The van der Waals surface area contributed by atoms with E-state index in [4.69, 9.17) is 4.43 Å². The second kappa shape index (κ2) is 6.53. The maximum atomic E-state index is 11.2. The number of carboxylic acid groups (broad SMARTS) is 1. The van der Waals surface area contributed by atoms with E-state index in [9.17, 15) is 15.2 Å². The van der Waals surface area contributed by atoms with Crippen LogP contribution in [0, 0.1) is 23.2 Å². The molecule has 0 aliphatic heterocycles. The molecule has 19 heavy (non-hydrogen) atoms.